The first-order chi connectivity index (χ1) is 10.1. The lowest BCUT2D eigenvalue weighted by Crippen LogP contribution is -2.13. The van der Waals surface area contributed by atoms with E-state index >= 15 is 0 Å². The largest absolute Gasteiger partial charge is 0.330 e. The van der Waals surface area contributed by atoms with Gasteiger partial charge in [0.15, 0.2) is 9.84 Å². The van der Waals surface area contributed by atoms with Crippen molar-refractivity contribution in [1.29, 1.82) is 0 Å². The summed E-state index contributed by atoms with van der Waals surface area (Å²) in [6.07, 6.45) is 0. The van der Waals surface area contributed by atoms with Crippen LogP contribution in [0.15, 0.2) is 59.5 Å². The third-order valence-corrected chi connectivity index (χ3v) is 6.59. The van der Waals surface area contributed by atoms with Crippen molar-refractivity contribution in [2.45, 2.75) is 16.1 Å². The molecule has 0 amide bonds. The number of sulfone groups is 1. The van der Waals surface area contributed by atoms with Crippen LogP contribution in [0.3, 0.4) is 0 Å². The molecule has 1 aliphatic carbocycles. The monoisotopic (exact) mass is 321 g/mol. The Morgan fingerprint density at radius 3 is 2.19 bits per heavy atom. The molecule has 3 atom stereocenters. The van der Waals surface area contributed by atoms with E-state index in [4.69, 9.17) is 17.3 Å². The standard InChI is InChI=1S/C16H16ClNO2S/c17-12-6-8-13(9-7-12)21(19,20)16-14(10-18)15(16)11-4-2-1-3-5-11/h1-9,14-16H,10,18H2/t14-,15-,16-/m1/s1. The molecule has 0 spiro atoms. The average Bonchev–Trinajstić information content (AvgIpc) is 3.24. The zero-order chi connectivity index (χ0) is 15.0. The highest BCUT2D eigenvalue weighted by atomic mass is 35.5. The Bertz CT molecular complexity index is 729. The minimum absolute atomic E-state index is 0.0168. The van der Waals surface area contributed by atoms with Gasteiger partial charge in [0.25, 0.3) is 0 Å². The Labute approximate surface area is 129 Å². The normalized spacial score (nSPS) is 24.8. The summed E-state index contributed by atoms with van der Waals surface area (Å²) in [4.78, 5) is 0.314. The molecule has 5 heteroatoms. The van der Waals surface area contributed by atoms with E-state index in [1.165, 1.54) is 0 Å². The summed E-state index contributed by atoms with van der Waals surface area (Å²) in [5.41, 5.74) is 6.80. The van der Waals surface area contributed by atoms with E-state index in [1.54, 1.807) is 24.3 Å². The van der Waals surface area contributed by atoms with Gasteiger partial charge in [-0.25, -0.2) is 8.42 Å². The van der Waals surface area contributed by atoms with Crippen LogP contribution < -0.4 is 5.73 Å². The fraction of sp³-hybridized carbons (Fsp3) is 0.250. The van der Waals surface area contributed by atoms with Gasteiger partial charge in [-0.1, -0.05) is 41.9 Å². The van der Waals surface area contributed by atoms with Crippen LogP contribution in [0, 0.1) is 5.92 Å². The van der Waals surface area contributed by atoms with Gasteiger partial charge in [-0.05, 0) is 42.3 Å². The zero-order valence-electron chi connectivity index (χ0n) is 11.3. The van der Waals surface area contributed by atoms with Gasteiger partial charge in [-0.3, -0.25) is 0 Å². The van der Waals surface area contributed by atoms with Gasteiger partial charge in [-0.15, -0.1) is 0 Å². The van der Waals surface area contributed by atoms with E-state index in [0.29, 0.717) is 16.5 Å². The van der Waals surface area contributed by atoms with Gasteiger partial charge in [-0.2, -0.15) is 0 Å². The van der Waals surface area contributed by atoms with Crippen LogP contribution in [-0.2, 0) is 9.84 Å². The van der Waals surface area contributed by atoms with E-state index in [2.05, 4.69) is 0 Å². The summed E-state index contributed by atoms with van der Waals surface area (Å²) in [5.74, 6) is -0.0371. The molecule has 1 saturated carbocycles. The molecule has 2 N–H and O–H groups in total. The number of halogens is 1. The maximum absolute atomic E-state index is 12.8. The van der Waals surface area contributed by atoms with Gasteiger partial charge < -0.3 is 5.73 Å². The summed E-state index contributed by atoms with van der Waals surface area (Å²) < 4.78 is 25.5. The molecule has 21 heavy (non-hydrogen) atoms. The van der Waals surface area contributed by atoms with E-state index in [-0.39, 0.29) is 11.8 Å². The molecule has 0 saturated heterocycles. The Hall–Kier alpha value is -1.36. The van der Waals surface area contributed by atoms with Gasteiger partial charge in [0.1, 0.15) is 0 Å². The zero-order valence-corrected chi connectivity index (χ0v) is 12.9. The third-order valence-electron chi connectivity index (χ3n) is 4.05. The van der Waals surface area contributed by atoms with Crippen LogP contribution in [0.1, 0.15) is 11.5 Å². The van der Waals surface area contributed by atoms with E-state index < -0.39 is 15.1 Å². The highest BCUT2D eigenvalue weighted by molar-refractivity contribution is 7.92. The van der Waals surface area contributed by atoms with Crippen LogP contribution in [0.4, 0.5) is 0 Å². The number of nitrogens with two attached hydrogens (primary N) is 1. The fourth-order valence-electron chi connectivity index (χ4n) is 2.94. The second kappa shape index (κ2) is 5.44. The molecule has 0 heterocycles. The number of benzene rings is 2. The fourth-order valence-corrected chi connectivity index (χ4v) is 5.29. The number of hydrogen-bond donors (Lipinski definition) is 1. The second-order valence-corrected chi connectivity index (χ2v) is 7.84. The molecule has 0 aromatic heterocycles. The molecule has 2 aromatic rings. The van der Waals surface area contributed by atoms with E-state index in [9.17, 15) is 8.42 Å². The summed E-state index contributed by atoms with van der Waals surface area (Å²) in [6.45, 7) is 0.372. The maximum Gasteiger partial charge on any atom is 0.182 e. The molecule has 0 aliphatic heterocycles. The number of hydrogen-bond acceptors (Lipinski definition) is 3. The molecule has 0 radical (unpaired) electrons. The predicted molar refractivity (Wildman–Crippen MR) is 84.2 cm³/mol. The van der Waals surface area contributed by atoms with Crippen molar-refractivity contribution < 1.29 is 8.42 Å². The van der Waals surface area contributed by atoms with Crippen LogP contribution in [0.5, 0.6) is 0 Å². The van der Waals surface area contributed by atoms with Crippen molar-refractivity contribution in [2.75, 3.05) is 6.54 Å². The Morgan fingerprint density at radius 2 is 1.62 bits per heavy atom. The van der Waals surface area contributed by atoms with Gasteiger partial charge in [0.05, 0.1) is 10.1 Å². The summed E-state index contributed by atoms with van der Waals surface area (Å²) in [5, 5.41) is 0.0887. The van der Waals surface area contributed by atoms with Crippen LogP contribution >= 0.6 is 11.6 Å². The first-order valence-electron chi connectivity index (χ1n) is 6.80. The van der Waals surface area contributed by atoms with Crippen LogP contribution in [0.25, 0.3) is 0 Å². The van der Waals surface area contributed by atoms with Gasteiger partial charge in [0.2, 0.25) is 0 Å². The van der Waals surface area contributed by atoms with E-state index in [1.807, 2.05) is 30.3 Å². The summed E-state index contributed by atoms with van der Waals surface area (Å²) in [7, 11) is -3.38. The minimum Gasteiger partial charge on any atom is -0.330 e. The SMILES string of the molecule is NC[C@@H]1[C@@H](c2ccccc2)[C@@H]1S(=O)(=O)c1ccc(Cl)cc1. The Kier molecular flexibility index (Phi) is 3.78. The molecule has 3 rings (SSSR count). The lowest BCUT2D eigenvalue weighted by atomic mass is 10.1. The molecule has 3 nitrogen and oxygen atoms in total. The minimum atomic E-state index is -3.38. The second-order valence-electron chi connectivity index (χ2n) is 5.30. The Morgan fingerprint density at radius 1 is 1.00 bits per heavy atom. The molecule has 0 unspecified atom stereocenters. The molecule has 1 aliphatic rings. The molecule has 1 fully saturated rings. The summed E-state index contributed by atoms with van der Waals surface area (Å²) in [6, 6.07) is 16.0. The van der Waals surface area contributed by atoms with Crippen molar-refractivity contribution in [3.8, 4) is 0 Å². The predicted octanol–water partition coefficient (Wildman–Crippen LogP) is 2.85. The highest BCUT2D eigenvalue weighted by Gasteiger charge is 2.57. The Balaban J connectivity index is 1.94. The quantitative estimate of drug-likeness (QED) is 0.942. The lowest BCUT2D eigenvalue weighted by Gasteiger charge is -2.04. The van der Waals surface area contributed by atoms with Crippen LogP contribution in [-0.4, -0.2) is 20.2 Å². The highest BCUT2D eigenvalue weighted by Crippen LogP contribution is 2.53. The van der Waals surface area contributed by atoms with E-state index in [0.717, 1.165) is 5.56 Å². The summed E-state index contributed by atoms with van der Waals surface area (Å²) >= 11 is 5.82. The molecular weight excluding hydrogens is 306 g/mol. The van der Waals surface area contributed by atoms with Crippen molar-refractivity contribution in [1.82, 2.24) is 0 Å². The van der Waals surface area contributed by atoms with Gasteiger partial charge >= 0.3 is 0 Å². The van der Waals surface area contributed by atoms with Gasteiger partial charge in [0, 0.05) is 10.9 Å². The molecular formula is C16H16ClNO2S. The average molecular weight is 322 g/mol. The first kappa shape index (κ1) is 14.6. The molecule has 2 aromatic carbocycles. The van der Waals surface area contributed by atoms with Crippen LogP contribution in [0.2, 0.25) is 5.02 Å². The lowest BCUT2D eigenvalue weighted by molar-refractivity contribution is 0.591. The molecule has 0 bridgehead atoms. The molecule has 110 valence electrons. The number of rotatable bonds is 4. The smallest absolute Gasteiger partial charge is 0.182 e. The topological polar surface area (TPSA) is 60.2 Å². The third kappa shape index (κ3) is 2.59. The van der Waals surface area contributed by atoms with Crippen molar-refractivity contribution in [2.24, 2.45) is 11.7 Å². The van der Waals surface area contributed by atoms with Crippen molar-refractivity contribution >= 4 is 21.4 Å². The van der Waals surface area contributed by atoms with Crippen molar-refractivity contribution in [3.63, 3.8) is 0 Å². The maximum atomic E-state index is 12.8. The van der Waals surface area contributed by atoms with Crippen molar-refractivity contribution in [3.05, 3.63) is 65.2 Å². The first-order valence-corrected chi connectivity index (χ1v) is 8.72.